The molecule has 1 aliphatic rings. The number of benzene rings is 1. The molecule has 1 fully saturated rings. The van der Waals surface area contributed by atoms with Crippen LogP contribution in [-0.4, -0.2) is 32.3 Å². The van der Waals surface area contributed by atoms with E-state index in [2.05, 4.69) is 0 Å². The van der Waals surface area contributed by atoms with E-state index in [1.165, 1.54) is 18.2 Å². The summed E-state index contributed by atoms with van der Waals surface area (Å²) < 4.78 is 28.5. The Morgan fingerprint density at radius 2 is 2.00 bits per heavy atom. The summed E-state index contributed by atoms with van der Waals surface area (Å²) in [5, 5.41) is 9.84. The average Bonchev–Trinajstić information content (AvgIpc) is 3.06. The standard InChI is InChI=1S/C11H12O4S/c12-8-11-10(15-11)6-7-16(13,14)9-4-2-1-3-5-9/h1-7,10-12H,8H2/b7-6+. The number of rotatable bonds is 4. The molecule has 2 rings (SSSR count). The van der Waals surface area contributed by atoms with Gasteiger partial charge in [0.05, 0.1) is 11.5 Å². The van der Waals surface area contributed by atoms with Gasteiger partial charge in [0.2, 0.25) is 0 Å². The summed E-state index contributed by atoms with van der Waals surface area (Å²) in [6.07, 6.45) is 0.939. The van der Waals surface area contributed by atoms with Gasteiger partial charge in [0, 0.05) is 5.41 Å². The number of sulfone groups is 1. The van der Waals surface area contributed by atoms with Crippen molar-refractivity contribution in [2.75, 3.05) is 6.61 Å². The molecule has 0 bridgehead atoms. The van der Waals surface area contributed by atoms with Crippen LogP contribution < -0.4 is 0 Å². The molecule has 0 amide bonds. The fraction of sp³-hybridized carbons (Fsp3) is 0.273. The molecule has 1 saturated heterocycles. The van der Waals surface area contributed by atoms with Gasteiger partial charge < -0.3 is 9.84 Å². The van der Waals surface area contributed by atoms with E-state index >= 15 is 0 Å². The molecule has 1 aliphatic heterocycles. The summed E-state index contributed by atoms with van der Waals surface area (Å²) in [5.41, 5.74) is 0. The first-order chi connectivity index (χ1) is 7.63. The lowest BCUT2D eigenvalue weighted by Crippen LogP contribution is -1.99. The zero-order valence-corrected chi connectivity index (χ0v) is 9.30. The highest BCUT2D eigenvalue weighted by atomic mass is 32.2. The van der Waals surface area contributed by atoms with Crippen molar-refractivity contribution in [3.8, 4) is 0 Å². The quantitative estimate of drug-likeness (QED) is 0.788. The maximum Gasteiger partial charge on any atom is 0.199 e. The maximum absolute atomic E-state index is 11.8. The summed E-state index contributed by atoms with van der Waals surface area (Å²) in [5.74, 6) is 0. The van der Waals surface area contributed by atoms with Crippen molar-refractivity contribution in [1.82, 2.24) is 0 Å². The van der Waals surface area contributed by atoms with E-state index < -0.39 is 9.84 Å². The lowest BCUT2D eigenvalue weighted by molar-refractivity contribution is 0.243. The summed E-state index contributed by atoms with van der Waals surface area (Å²) >= 11 is 0. The third kappa shape index (κ3) is 2.49. The van der Waals surface area contributed by atoms with Crippen molar-refractivity contribution in [2.45, 2.75) is 17.1 Å². The number of ether oxygens (including phenoxy) is 1. The molecule has 1 aromatic carbocycles. The highest BCUT2D eigenvalue weighted by Gasteiger charge is 2.35. The van der Waals surface area contributed by atoms with E-state index in [0.717, 1.165) is 5.41 Å². The van der Waals surface area contributed by atoms with Crippen LogP contribution in [0.4, 0.5) is 0 Å². The number of aliphatic hydroxyl groups is 1. The molecule has 5 heteroatoms. The Morgan fingerprint density at radius 1 is 1.31 bits per heavy atom. The average molecular weight is 240 g/mol. The van der Waals surface area contributed by atoms with Crippen LogP contribution in [0.25, 0.3) is 0 Å². The van der Waals surface area contributed by atoms with E-state index in [1.54, 1.807) is 18.2 Å². The second-order valence-electron chi connectivity index (χ2n) is 3.51. The third-order valence-corrected chi connectivity index (χ3v) is 3.77. The molecule has 1 N–H and O–H groups in total. The topological polar surface area (TPSA) is 66.9 Å². The fourth-order valence-corrected chi connectivity index (χ4v) is 2.40. The van der Waals surface area contributed by atoms with Crippen molar-refractivity contribution in [3.63, 3.8) is 0 Å². The Bertz CT molecular complexity index is 478. The molecule has 2 unspecified atom stereocenters. The minimum atomic E-state index is -3.39. The molecule has 1 aromatic rings. The molecule has 0 spiro atoms. The van der Waals surface area contributed by atoms with Gasteiger partial charge in [-0.3, -0.25) is 0 Å². The first kappa shape index (κ1) is 11.3. The summed E-state index contributed by atoms with van der Waals surface area (Å²) in [7, 11) is -3.39. The Balaban J connectivity index is 2.10. The molecule has 0 saturated carbocycles. The van der Waals surface area contributed by atoms with Gasteiger partial charge in [-0.1, -0.05) is 18.2 Å². The van der Waals surface area contributed by atoms with Crippen LogP contribution in [0.2, 0.25) is 0 Å². The maximum atomic E-state index is 11.8. The van der Waals surface area contributed by atoms with Crippen LogP contribution in [0, 0.1) is 0 Å². The van der Waals surface area contributed by atoms with E-state index in [9.17, 15) is 8.42 Å². The fourth-order valence-electron chi connectivity index (χ4n) is 1.34. The Labute approximate surface area is 94.1 Å². The van der Waals surface area contributed by atoms with Crippen molar-refractivity contribution in [1.29, 1.82) is 0 Å². The van der Waals surface area contributed by atoms with Crippen LogP contribution in [-0.2, 0) is 14.6 Å². The molecule has 0 aliphatic carbocycles. The van der Waals surface area contributed by atoms with Crippen LogP contribution in [0.5, 0.6) is 0 Å². The monoisotopic (exact) mass is 240 g/mol. The predicted octanol–water partition coefficient (Wildman–Crippen LogP) is 0.734. The van der Waals surface area contributed by atoms with E-state index in [4.69, 9.17) is 9.84 Å². The van der Waals surface area contributed by atoms with Crippen molar-refractivity contribution < 1.29 is 18.3 Å². The van der Waals surface area contributed by atoms with Gasteiger partial charge in [0.1, 0.15) is 12.2 Å². The second kappa shape index (κ2) is 4.37. The van der Waals surface area contributed by atoms with Crippen LogP contribution >= 0.6 is 0 Å². The van der Waals surface area contributed by atoms with Crippen molar-refractivity contribution in [2.24, 2.45) is 0 Å². The molecule has 16 heavy (non-hydrogen) atoms. The van der Waals surface area contributed by atoms with Gasteiger partial charge in [-0.25, -0.2) is 8.42 Å². The molecule has 86 valence electrons. The smallest absolute Gasteiger partial charge is 0.199 e. The largest absolute Gasteiger partial charge is 0.394 e. The summed E-state index contributed by atoms with van der Waals surface area (Å²) in [4.78, 5) is 0.257. The van der Waals surface area contributed by atoms with Gasteiger partial charge in [-0.15, -0.1) is 0 Å². The summed E-state index contributed by atoms with van der Waals surface area (Å²) in [6, 6.07) is 8.18. The highest BCUT2D eigenvalue weighted by molar-refractivity contribution is 7.94. The van der Waals surface area contributed by atoms with Gasteiger partial charge in [0.15, 0.2) is 9.84 Å². The zero-order chi connectivity index (χ0) is 11.6. The Morgan fingerprint density at radius 3 is 2.56 bits per heavy atom. The minimum absolute atomic E-state index is 0.0829. The molecular weight excluding hydrogens is 228 g/mol. The predicted molar refractivity (Wildman–Crippen MR) is 58.5 cm³/mol. The number of hydrogen-bond acceptors (Lipinski definition) is 4. The van der Waals surface area contributed by atoms with E-state index in [0.29, 0.717) is 0 Å². The summed E-state index contributed by atoms with van der Waals surface area (Å²) in [6.45, 7) is -0.0829. The SMILES string of the molecule is O=S(=O)(/C=C/C1OC1CO)c1ccccc1. The molecule has 1 heterocycles. The molecular formula is C11H12O4S. The zero-order valence-electron chi connectivity index (χ0n) is 8.48. The lowest BCUT2D eigenvalue weighted by Gasteiger charge is -1.96. The van der Waals surface area contributed by atoms with Crippen LogP contribution in [0.3, 0.4) is 0 Å². The van der Waals surface area contributed by atoms with Gasteiger partial charge >= 0.3 is 0 Å². The molecule has 0 aromatic heterocycles. The second-order valence-corrected chi connectivity index (χ2v) is 5.34. The molecule has 2 atom stereocenters. The Kier molecular flexibility index (Phi) is 3.09. The van der Waals surface area contributed by atoms with Gasteiger partial charge in [0.25, 0.3) is 0 Å². The third-order valence-electron chi connectivity index (χ3n) is 2.32. The first-order valence-corrected chi connectivity index (χ1v) is 6.43. The van der Waals surface area contributed by atoms with E-state index in [-0.39, 0.29) is 23.7 Å². The highest BCUT2D eigenvalue weighted by Crippen LogP contribution is 2.23. The normalized spacial score (nSPS) is 24.8. The van der Waals surface area contributed by atoms with Crippen molar-refractivity contribution >= 4 is 9.84 Å². The van der Waals surface area contributed by atoms with Crippen LogP contribution in [0.15, 0.2) is 46.7 Å². The van der Waals surface area contributed by atoms with Gasteiger partial charge in [-0.05, 0) is 18.2 Å². The molecule has 0 radical (unpaired) electrons. The number of aliphatic hydroxyl groups excluding tert-OH is 1. The van der Waals surface area contributed by atoms with Crippen molar-refractivity contribution in [3.05, 3.63) is 41.8 Å². The van der Waals surface area contributed by atoms with E-state index in [1.807, 2.05) is 0 Å². The molecule has 4 nitrogen and oxygen atoms in total. The minimum Gasteiger partial charge on any atom is -0.394 e. The lowest BCUT2D eigenvalue weighted by atomic mass is 10.3. The number of epoxide rings is 1. The number of hydrogen-bond donors (Lipinski definition) is 1. The first-order valence-electron chi connectivity index (χ1n) is 4.88. The van der Waals surface area contributed by atoms with Gasteiger partial charge in [-0.2, -0.15) is 0 Å². The van der Waals surface area contributed by atoms with Crippen LogP contribution in [0.1, 0.15) is 0 Å². The Hall–Kier alpha value is -1.17.